The Balaban J connectivity index is 1.79. The van der Waals surface area contributed by atoms with Crippen molar-refractivity contribution in [2.45, 2.75) is 51.9 Å². The highest BCUT2D eigenvalue weighted by Gasteiger charge is 2.11. The maximum absolute atomic E-state index is 3.59. The van der Waals surface area contributed by atoms with Crippen molar-refractivity contribution in [1.82, 2.24) is 0 Å². The van der Waals surface area contributed by atoms with E-state index in [1.54, 1.807) is 0 Å². The van der Waals surface area contributed by atoms with Gasteiger partial charge in [0.2, 0.25) is 0 Å². The highest BCUT2D eigenvalue weighted by atomic mass is 14.9. The number of benzene rings is 1. The Bertz CT molecular complexity index is 307. The molecule has 0 radical (unpaired) electrons. The van der Waals surface area contributed by atoms with Gasteiger partial charge in [0.15, 0.2) is 0 Å². The number of hydrogen-bond acceptors (Lipinski definition) is 1. The molecule has 0 unspecified atom stereocenters. The number of hydrogen-bond donors (Lipinski definition) is 1. The van der Waals surface area contributed by atoms with Gasteiger partial charge in [-0.3, -0.25) is 0 Å². The summed E-state index contributed by atoms with van der Waals surface area (Å²) >= 11 is 0. The first-order valence-corrected chi connectivity index (χ1v) is 7.21. The smallest absolute Gasteiger partial charge is 0.0340 e. The highest BCUT2D eigenvalue weighted by Crippen LogP contribution is 2.23. The molecular formula is C16H25N. The van der Waals surface area contributed by atoms with Gasteiger partial charge in [-0.05, 0) is 42.9 Å². The van der Waals surface area contributed by atoms with E-state index in [4.69, 9.17) is 0 Å². The van der Waals surface area contributed by atoms with Crippen LogP contribution in [-0.2, 0) is 6.42 Å². The van der Waals surface area contributed by atoms with Gasteiger partial charge < -0.3 is 5.32 Å². The third-order valence-corrected chi connectivity index (χ3v) is 3.93. The monoisotopic (exact) mass is 231 g/mol. The molecule has 0 aliphatic heterocycles. The van der Waals surface area contributed by atoms with Crippen LogP contribution in [0, 0.1) is 5.92 Å². The molecular weight excluding hydrogens is 206 g/mol. The van der Waals surface area contributed by atoms with E-state index in [2.05, 4.69) is 36.5 Å². The predicted molar refractivity (Wildman–Crippen MR) is 75.5 cm³/mol. The standard InChI is InChI=1S/C16H25N/c1-2-14-9-11-16(12-10-14)17-13-15-7-5-3-4-6-8-15/h9-12,15,17H,2-8,13H2,1H3. The molecule has 1 aromatic carbocycles. The molecule has 1 aromatic rings. The van der Waals surface area contributed by atoms with Gasteiger partial charge in [0.05, 0.1) is 0 Å². The quantitative estimate of drug-likeness (QED) is 0.745. The van der Waals surface area contributed by atoms with Crippen molar-refractivity contribution in [3.8, 4) is 0 Å². The summed E-state index contributed by atoms with van der Waals surface area (Å²) in [5.41, 5.74) is 2.71. The number of aryl methyl sites for hydroxylation is 1. The Labute approximate surface area is 106 Å². The maximum atomic E-state index is 3.59. The van der Waals surface area contributed by atoms with Crippen LogP contribution in [0.1, 0.15) is 51.0 Å². The van der Waals surface area contributed by atoms with Gasteiger partial charge >= 0.3 is 0 Å². The second kappa shape index (κ2) is 6.68. The Morgan fingerprint density at radius 3 is 2.24 bits per heavy atom. The molecule has 0 aromatic heterocycles. The van der Waals surface area contributed by atoms with Gasteiger partial charge in [-0.15, -0.1) is 0 Å². The second-order valence-corrected chi connectivity index (χ2v) is 5.29. The van der Waals surface area contributed by atoms with Crippen molar-refractivity contribution in [2.75, 3.05) is 11.9 Å². The van der Waals surface area contributed by atoms with E-state index in [9.17, 15) is 0 Å². The van der Waals surface area contributed by atoms with Crippen molar-refractivity contribution in [2.24, 2.45) is 5.92 Å². The molecule has 1 aliphatic rings. The normalized spacial score (nSPS) is 17.7. The van der Waals surface area contributed by atoms with Gasteiger partial charge in [0, 0.05) is 12.2 Å². The molecule has 0 bridgehead atoms. The molecule has 1 fully saturated rings. The summed E-state index contributed by atoms with van der Waals surface area (Å²) in [5.74, 6) is 0.892. The minimum atomic E-state index is 0.892. The van der Waals surface area contributed by atoms with E-state index in [0.29, 0.717) is 0 Å². The van der Waals surface area contributed by atoms with Crippen LogP contribution in [0.4, 0.5) is 5.69 Å². The molecule has 0 saturated heterocycles. The Hall–Kier alpha value is -0.980. The maximum Gasteiger partial charge on any atom is 0.0340 e. The lowest BCUT2D eigenvalue weighted by molar-refractivity contribution is 0.483. The van der Waals surface area contributed by atoms with Crippen LogP contribution in [0.15, 0.2) is 24.3 Å². The number of rotatable bonds is 4. The van der Waals surface area contributed by atoms with Crippen LogP contribution < -0.4 is 5.32 Å². The predicted octanol–water partition coefficient (Wildman–Crippen LogP) is 4.63. The van der Waals surface area contributed by atoms with Gasteiger partial charge in [-0.1, -0.05) is 44.7 Å². The van der Waals surface area contributed by atoms with Gasteiger partial charge in [-0.25, -0.2) is 0 Å². The van der Waals surface area contributed by atoms with E-state index in [1.165, 1.54) is 49.8 Å². The molecule has 17 heavy (non-hydrogen) atoms. The summed E-state index contributed by atoms with van der Waals surface area (Å²) in [4.78, 5) is 0. The summed E-state index contributed by atoms with van der Waals surface area (Å²) in [6.45, 7) is 3.36. The van der Waals surface area contributed by atoms with Gasteiger partial charge in [0.1, 0.15) is 0 Å². The first-order valence-electron chi connectivity index (χ1n) is 7.21. The molecule has 94 valence electrons. The zero-order chi connectivity index (χ0) is 11.9. The highest BCUT2D eigenvalue weighted by molar-refractivity contribution is 5.44. The first-order chi connectivity index (χ1) is 8.38. The van der Waals surface area contributed by atoms with Crippen LogP contribution >= 0.6 is 0 Å². The fourth-order valence-electron chi connectivity index (χ4n) is 2.69. The van der Waals surface area contributed by atoms with Crippen molar-refractivity contribution in [1.29, 1.82) is 0 Å². The zero-order valence-electron chi connectivity index (χ0n) is 11.0. The van der Waals surface area contributed by atoms with Crippen molar-refractivity contribution >= 4 is 5.69 Å². The molecule has 0 amide bonds. The van der Waals surface area contributed by atoms with E-state index in [-0.39, 0.29) is 0 Å². The third kappa shape index (κ3) is 4.07. The largest absolute Gasteiger partial charge is 0.385 e. The number of anilines is 1. The van der Waals surface area contributed by atoms with Crippen molar-refractivity contribution in [3.63, 3.8) is 0 Å². The fourth-order valence-corrected chi connectivity index (χ4v) is 2.69. The topological polar surface area (TPSA) is 12.0 Å². The minimum Gasteiger partial charge on any atom is -0.385 e. The van der Waals surface area contributed by atoms with E-state index >= 15 is 0 Å². The third-order valence-electron chi connectivity index (χ3n) is 3.93. The van der Waals surface area contributed by atoms with Gasteiger partial charge in [0.25, 0.3) is 0 Å². The molecule has 1 nitrogen and oxygen atoms in total. The number of nitrogens with one attached hydrogen (secondary N) is 1. The molecule has 1 N–H and O–H groups in total. The first kappa shape index (κ1) is 12.5. The second-order valence-electron chi connectivity index (χ2n) is 5.29. The molecule has 2 rings (SSSR count). The molecule has 0 atom stereocenters. The van der Waals surface area contributed by atoms with Crippen LogP contribution in [0.2, 0.25) is 0 Å². The van der Waals surface area contributed by atoms with Gasteiger partial charge in [-0.2, -0.15) is 0 Å². The summed E-state index contributed by atoms with van der Waals surface area (Å²) < 4.78 is 0. The Morgan fingerprint density at radius 1 is 1.00 bits per heavy atom. The van der Waals surface area contributed by atoms with Crippen molar-refractivity contribution < 1.29 is 0 Å². The molecule has 0 spiro atoms. The average Bonchev–Trinajstić information content (AvgIpc) is 2.65. The molecule has 1 heteroatoms. The average molecular weight is 231 g/mol. The van der Waals surface area contributed by atoms with E-state index < -0.39 is 0 Å². The van der Waals surface area contributed by atoms with Crippen LogP contribution in [0.5, 0.6) is 0 Å². The van der Waals surface area contributed by atoms with Crippen LogP contribution in [0.25, 0.3) is 0 Å². The van der Waals surface area contributed by atoms with E-state index in [1.807, 2.05) is 0 Å². The summed E-state index contributed by atoms with van der Waals surface area (Å²) in [6.07, 6.45) is 9.72. The SMILES string of the molecule is CCc1ccc(NCC2CCCCCC2)cc1. The van der Waals surface area contributed by atoms with E-state index in [0.717, 1.165) is 18.9 Å². The lowest BCUT2D eigenvalue weighted by Gasteiger charge is -2.15. The molecule has 1 aliphatic carbocycles. The van der Waals surface area contributed by atoms with Crippen molar-refractivity contribution in [3.05, 3.63) is 29.8 Å². The van der Waals surface area contributed by atoms with Crippen LogP contribution in [-0.4, -0.2) is 6.54 Å². The lowest BCUT2D eigenvalue weighted by Crippen LogP contribution is -2.13. The molecule has 1 saturated carbocycles. The van der Waals surface area contributed by atoms with Crippen LogP contribution in [0.3, 0.4) is 0 Å². The molecule has 0 heterocycles. The fraction of sp³-hybridized carbons (Fsp3) is 0.625. The summed E-state index contributed by atoms with van der Waals surface area (Å²) in [7, 11) is 0. The summed E-state index contributed by atoms with van der Waals surface area (Å²) in [6, 6.07) is 8.90. The lowest BCUT2D eigenvalue weighted by atomic mass is 10.0. The zero-order valence-corrected chi connectivity index (χ0v) is 11.0. The minimum absolute atomic E-state index is 0.892. The summed E-state index contributed by atoms with van der Waals surface area (Å²) in [5, 5.41) is 3.59. The Kier molecular flexibility index (Phi) is 4.90. The Morgan fingerprint density at radius 2 is 1.65 bits per heavy atom.